The summed E-state index contributed by atoms with van der Waals surface area (Å²) in [5, 5.41) is 0.133. The predicted octanol–water partition coefficient (Wildman–Crippen LogP) is 4.45. The zero-order valence-corrected chi connectivity index (χ0v) is 16.4. The average molecular weight is 423 g/mol. The normalized spacial score (nSPS) is 11.3. The van der Waals surface area contributed by atoms with Gasteiger partial charge in [0.25, 0.3) is 0 Å². The quantitative estimate of drug-likeness (QED) is 0.610. The van der Waals surface area contributed by atoms with Crippen molar-refractivity contribution in [2.45, 2.75) is 18.0 Å². The first kappa shape index (κ1) is 19.6. The van der Waals surface area contributed by atoms with Crippen LogP contribution in [0, 0.1) is 0 Å². The monoisotopic (exact) mass is 422 g/mol. The van der Waals surface area contributed by atoms with Crippen LogP contribution in [-0.2, 0) is 23.2 Å². The molecular weight excluding hydrogens is 407 g/mol. The lowest BCUT2D eigenvalue weighted by Crippen LogP contribution is -2.24. The van der Waals surface area contributed by atoms with Crippen LogP contribution in [0.15, 0.2) is 71.8 Å². The van der Waals surface area contributed by atoms with Crippen molar-refractivity contribution in [3.8, 4) is 5.88 Å². The SMILES string of the molecule is O=S(=O)(NCc1ccnc(OCc2ccccc2)c1)c1c(Cl)cccc1Cl. The third kappa shape index (κ3) is 5.20. The molecule has 3 rings (SSSR count). The van der Waals surface area contributed by atoms with Crippen LogP contribution >= 0.6 is 23.2 Å². The highest BCUT2D eigenvalue weighted by Crippen LogP contribution is 2.28. The topological polar surface area (TPSA) is 68.3 Å². The molecule has 0 fully saturated rings. The Bertz CT molecular complexity index is 1010. The van der Waals surface area contributed by atoms with Crippen molar-refractivity contribution in [3.05, 3.63) is 88.0 Å². The van der Waals surface area contributed by atoms with E-state index in [1.807, 2.05) is 30.3 Å². The van der Waals surface area contributed by atoms with Gasteiger partial charge in [-0.25, -0.2) is 18.1 Å². The van der Waals surface area contributed by atoms with Crippen LogP contribution in [0.4, 0.5) is 0 Å². The summed E-state index contributed by atoms with van der Waals surface area (Å²) in [4.78, 5) is 4.01. The van der Waals surface area contributed by atoms with E-state index in [1.54, 1.807) is 24.4 Å². The molecule has 0 aliphatic carbocycles. The molecular formula is C19H16Cl2N2O3S. The Morgan fingerprint density at radius 1 is 0.926 bits per heavy atom. The Morgan fingerprint density at radius 2 is 1.63 bits per heavy atom. The molecule has 0 amide bonds. The number of nitrogens with zero attached hydrogens (tertiary/aromatic N) is 1. The number of benzene rings is 2. The second kappa shape index (κ2) is 8.71. The summed E-state index contributed by atoms with van der Waals surface area (Å²) in [6, 6.07) is 17.6. The zero-order chi connectivity index (χ0) is 19.3. The highest BCUT2D eigenvalue weighted by Gasteiger charge is 2.21. The van der Waals surface area contributed by atoms with E-state index in [9.17, 15) is 8.42 Å². The Hall–Kier alpha value is -2.12. The minimum atomic E-state index is -3.86. The molecule has 0 unspecified atom stereocenters. The van der Waals surface area contributed by atoms with Crippen molar-refractivity contribution in [1.82, 2.24) is 9.71 Å². The number of hydrogen-bond donors (Lipinski definition) is 1. The first-order valence-corrected chi connectivity index (χ1v) is 10.2. The van der Waals surface area contributed by atoms with Gasteiger partial charge in [0.15, 0.2) is 0 Å². The van der Waals surface area contributed by atoms with E-state index < -0.39 is 10.0 Å². The maximum atomic E-state index is 12.5. The zero-order valence-electron chi connectivity index (χ0n) is 14.1. The molecule has 140 valence electrons. The molecule has 1 N–H and O–H groups in total. The first-order chi connectivity index (χ1) is 13.0. The molecule has 27 heavy (non-hydrogen) atoms. The second-order valence-electron chi connectivity index (χ2n) is 5.65. The van der Waals surface area contributed by atoms with E-state index in [0.29, 0.717) is 18.1 Å². The van der Waals surface area contributed by atoms with Crippen LogP contribution in [0.5, 0.6) is 5.88 Å². The van der Waals surface area contributed by atoms with Gasteiger partial charge in [-0.3, -0.25) is 0 Å². The van der Waals surface area contributed by atoms with E-state index in [2.05, 4.69) is 9.71 Å². The molecule has 2 aromatic carbocycles. The maximum absolute atomic E-state index is 12.5. The summed E-state index contributed by atoms with van der Waals surface area (Å²) in [6.07, 6.45) is 1.56. The molecule has 0 spiro atoms. The number of sulfonamides is 1. The van der Waals surface area contributed by atoms with Gasteiger partial charge in [-0.05, 0) is 29.3 Å². The van der Waals surface area contributed by atoms with Crippen LogP contribution in [0.2, 0.25) is 10.0 Å². The van der Waals surface area contributed by atoms with Gasteiger partial charge in [0, 0.05) is 18.8 Å². The Balaban J connectivity index is 1.68. The fourth-order valence-corrected chi connectivity index (χ4v) is 4.52. The van der Waals surface area contributed by atoms with E-state index in [0.717, 1.165) is 5.56 Å². The molecule has 0 saturated heterocycles. The van der Waals surface area contributed by atoms with Crippen LogP contribution in [0.25, 0.3) is 0 Å². The van der Waals surface area contributed by atoms with Gasteiger partial charge in [0.2, 0.25) is 15.9 Å². The van der Waals surface area contributed by atoms with Crippen molar-refractivity contribution < 1.29 is 13.2 Å². The number of aromatic nitrogens is 1. The molecule has 0 aliphatic rings. The predicted molar refractivity (Wildman–Crippen MR) is 105 cm³/mol. The lowest BCUT2D eigenvalue weighted by molar-refractivity contribution is 0.293. The van der Waals surface area contributed by atoms with Gasteiger partial charge in [0.05, 0.1) is 10.0 Å². The molecule has 0 atom stereocenters. The first-order valence-electron chi connectivity index (χ1n) is 8.01. The molecule has 0 radical (unpaired) electrons. The number of hydrogen-bond acceptors (Lipinski definition) is 4. The third-order valence-electron chi connectivity index (χ3n) is 3.68. The van der Waals surface area contributed by atoms with Crippen molar-refractivity contribution in [2.75, 3.05) is 0 Å². The van der Waals surface area contributed by atoms with Gasteiger partial charge in [0.1, 0.15) is 11.5 Å². The fraction of sp³-hybridized carbons (Fsp3) is 0.105. The number of rotatable bonds is 7. The average Bonchev–Trinajstić information content (AvgIpc) is 2.66. The maximum Gasteiger partial charge on any atom is 0.243 e. The Morgan fingerprint density at radius 3 is 2.33 bits per heavy atom. The largest absolute Gasteiger partial charge is 0.473 e. The fourth-order valence-electron chi connectivity index (χ4n) is 2.36. The van der Waals surface area contributed by atoms with Gasteiger partial charge in [-0.1, -0.05) is 59.6 Å². The lowest BCUT2D eigenvalue weighted by Gasteiger charge is -2.11. The molecule has 3 aromatic rings. The van der Waals surface area contributed by atoms with Crippen LogP contribution < -0.4 is 9.46 Å². The van der Waals surface area contributed by atoms with E-state index in [-0.39, 0.29) is 21.5 Å². The number of ether oxygens (including phenoxy) is 1. The van der Waals surface area contributed by atoms with Crippen molar-refractivity contribution in [2.24, 2.45) is 0 Å². The summed E-state index contributed by atoms with van der Waals surface area (Å²) in [5.74, 6) is 0.409. The van der Waals surface area contributed by atoms with E-state index >= 15 is 0 Å². The molecule has 1 aromatic heterocycles. The molecule has 1 heterocycles. The standard InChI is InChI=1S/C19H16Cl2N2O3S/c20-16-7-4-8-17(21)19(16)27(24,25)23-12-15-9-10-22-18(11-15)26-13-14-5-2-1-3-6-14/h1-11,23H,12-13H2. The summed E-state index contributed by atoms with van der Waals surface area (Å²) in [7, 11) is -3.86. The number of nitrogens with one attached hydrogen (secondary N) is 1. The molecule has 8 heteroatoms. The van der Waals surface area contributed by atoms with Crippen molar-refractivity contribution >= 4 is 33.2 Å². The smallest absolute Gasteiger partial charge is 0.243 e. The van der Waals surface area contributed by atoms with Crippen molar-refractivity contribution in [1.29, 1.82) is 0 Å². The number of halogens is 2. The highest BCUT2D eigenvalue weighted by molar-refractivity contribution is 7.89. The van der Waals surface area contributed by atoms with Crippen LogP contribution in [0.1, 0.15) is 11.1 Å². The third-order valence-corrected chi connectivity index (χ3v) is 6.04. The van der Waals surface area contributed by atoms with Crippen LogP contribution in [-0.4, -0.2) is 13.4 Å². The van der Waals surface area contributed by atoms with Gasteiger partial charge < -0.3 is 4.74 Å². The highest BCUT2D eigenvalue weighted by atomic mass is 35.5. The summed E-state index contributed by atoms with van der Waals surface area (Å²) in [6.45, 7) is 0.423. The molecule has 5 nitrogen and oxygen atoms in total. The Labute approximate surface area is 168 Å². The summed E-state index contributed by atoms with van der Waals surface area (Å²) in [5.41, 5.74) is 1.71. The second-order valence-corrected chi connectivity index (χ2v) is 8.17. The summed E-state index contributed by atoms with van der Waals surface area (Å²) >= 11 is 12.0. The van der Waals surface area contributed by atoms with Crippen LogP contribution in [0.3, 0.4) is 0 Å². The van der Waals surface area contributed by atoms with Gasteiger partial charge in [-0.15, -0.1) is 0 Å². The van der Waals surface area contributed by atoms with Crippen molar-refractivity contribution in [3.63, 3.8) is 0 Å². The summed E-state index contributed by atoms with van der Waals surface area (Å²) < 4.78 is 33.2. The minimum Gasteiger partial charge on any atom is -0.473 e. The minimum absolute atomic E-state index is 0.0497. The molecule has 0 bridgehead atoms. The van der Waals surface area contributed by atoms with E-state index in [1.165, 1.54) is 12.1 Å². The molecule has 0 aliphatic heterocycles. The van der Waals surface area contributed by atoms with Gasteiger partial charge in [-0.2, -0.15) is 0 Å². The lowest BCUT2D eigenvalue weighted by atomic mass is 10.2. The Kier molecular flexibility index (Phi) is 6.34. The molecule has 0 saturated carbocycles. The van der Waals surface area contributed by atoms with Gasteiger partial charge >= 0.3 is 0 Å². The van der Waals surface area contributed by atoms with E-state index in [4.69, 9.17) is 27.9 Å². The number of pyridine rings is 1.